The van der Waals surface area contributed by atoms with Crippen LogP contribution in [0.4, 0.5) is 4.39 Å². The number of amides is 1. The minimum absolute atomic E-state index is 0.0208. The molecule has 23 heavy (non-hydrogen) atoms. The van der Waals surface area contributed by atoms with Gasteiger partial charge in [0.1, 0.15) is 5.82 Å². The Balaban J connectivity index is 1.82. The second-order valence-corrected chi connectivity index (χ2v) is 7.74. The van der Waals surface area contributed by atoms with Crippen LogP contribution in [-0.2, 0) is 0 Å². The zero-order valence-electron chi connectivity index (χ0n) is 13.1. The number of hydrogen-bond acceptors (Lipinski definition) is 3. The number of rotatable bonds is 3. The van der Waals surface area contributed by atoms with E-state index in [4.69, 9.17) is 11.6 Å². The topological polar surface area (TPSA) is 23.6 Å². The van der Waals surface area contributed by atoms with E-state index in [9.17, 15) is 9.18 Å². The summed E-state index contributed by atoms with van der Waals surface area (Å²) >= 11 is 7.98. The Morgan fingerprint density at radius 3 is 2.78 bits per heavy atom. The van der Waals surface area contributed by atoms with E-state index in [2.05, 4.69) is 4.90 Å². The van der Waals surface area contributed by atoms with Crippen LogP contribution in [0.3, 0.4) is 0 Å². The molecule has 3 nitrogen and oxygen atoms in total. The lowest BCUT2D eigenvalue weighted by Gasteiger charge is -2.33. The SMILES string of the molecule is O=C(c1c(F)cccc1Cl)N1CCCSCC1CN1CCCC1. The Morgan fingerprint density at radius 1 is 1.26 bits per heavy atom. The van der Waals surface area contributed by atoms with Crippen molar-refractivity contribution >= 4 is 29.3 Å². The summed E-state index contributed by atoms with van der Waals surface area (Å²) < 4.78 is 14.1. The minimum atomic E-state index is -0.528. The first-order valence-corrected chi connectivity index (χ1v) is 9.75. The van der Waals surface area contributed by atoms with Gasteiger partial charge in [-0.2, -0.15) is 11.8 Å². The minimum Gasteiger partial charge on any atom is -0.333 e. The molecule has 0 N–H and O–H groups in total. The Hall–Kier alpha value is -0.780. The lowest BCUT2D eigenvalue weighted by Crippen LogP contribution is -2.47. The molecule has 1 aromatic rings. The van der Waals surface area contributed by atoms with Gasteiger partial charge < -0.3 is 9.80 Å². The predicted octanol–water partition coefficient (Wildman–Crippen LogP) is 3.52. The van der Waals surface area contributed by atoms with Crippen molar-refractivity contribution in [3.05, 3.63) is 34.6 Å². The average Bonchev–Trinajstić information content (AvgIpc) is 2.92. The van der Waals surface area contributed by atoms with Gasteiger partial charge in [0.2, 0.25) is 0 Å². The lowest BCUT2D eigenvalue weighted by molar-refractivity contribution is 0.0662. The fourth-order valence-electron chi connectivity index (χ4n) is 3.36. The van der Waals surface area contributed by atoms with Crippen molar-refractivity contribution in [3.8, 4) is 0 Å². The van der Waals surface area contributed by atoms with Crippen LogP contribution in [0.15, 0.2) is 18.2 Å². The first-order valence-electron chi connectivity index (χ1n) is 8.22. The number of carbonyl (C=O) groups excluding carboxylic acids is 1. The summed E-state index contributed by atoms with van der Waals surface area (Å²) in [7, 11) is 0. The van der Waals surface area contributed by atoms with Crippen LogP contribution in [0.2, 0.25) is 5.02 Å². The molecule has 2 aliphatic heterocycles. The highest BCUT2D eigenvalue weighted by Gasteiger charge is 2.31. The van der Waals surface area contributed by atoms with E-state index >= 15 is 0 Å². The summed E-state index contributed by atoms with van der Waals surface area (Å²) in [6, 6.07) is 4.55. The molecule has 0 saturated carbocycles. The molecule has 2 heterocycles. The second-order valence-electron chi connectivity index (χ2n) is 6.19. The molecule has 2 aliphatic rings. The third-order valence-corrected chi connectivity index (χ3v) is 6.06. The molecule has 0 aromatic heterocycles. The largest absolute Gasteiger partial charge is 0.333 e. The van der Waals surface area contributed by atoms with E-state index < -0.39 is 5.82 Å². The number of nitrogens with zero attached hydrogens (tertiary/aromatic N) is 2. The summed E-state index contributed by atoms with van der Waals surface area (Å²) in [6.45, 7) is 3.76. The molecule has 3 rings (SSSR count). The number of thioether (sulfide) groups is 1. The van der Waals surface area contributed by atoms with Crippen molar-refractivity contribution in [2.75, 3.05) is 37.7 Å². The number of halogens is 2. The van der Waals surface area contributed by atoms with Crippen LogP contribution < -0.4 is 0 Å². The molecule has 1 amide bonds. The van der Waals surface area contributed by atoms with E-state index in [1.165, 1.54) is 25.0 Å². The van der Waals surface area contributed by atoms with E-state index in [0.29, 0.717) is 6.54 Å². The molecule has 6 heteroatoms. The molecule has 2 saturated heterocycles. The first-order chi connectivity index (χ1) is 11.2. The van der Waals surface area contributed by atoms with Crippen LogP contribution in [0.25, 0.3) is 0 Å². The monoisotopic (exact) mass is 356 g/mol. The van der Waals surface area contributed by atoms with Crippen molar-refractivity contribution in [3.63, 3.8) is 0 Å². The molecule has 1 atom stereocenters. The van der Waals surface area contributed by atoms with Crippen molar-refractivity contribution in [2.24, 2.45) is 0 Å². The highest BCUT2D eigenvalue weighted by molar-refractivity contribution is 7.99. The third kappa shape index (κ3) is 4.01. The van der Waals surface area contributed by atoms with Gasteiger partial charge in [0.25, 0.3) is 5.91 Å². The van der Waals surface area contributed by atoms with Gasteiger partial charge in [-0.3, -0.25) is 4.79 Å². The molecule has 0 aliphatic carbocycles. The smallest absolute Gasteiger partial charge is 0.258 e. The van der Waals surface area contributed by atoms with Gasteiger partial charge in [0.05, 0.1) is 16.6 Å². The highest BCUT2D eigenvalue weighted by atomic mass is 35.5. The zero-order valence-corrected chi connectivity index (χ0v) is 14.7. The average molecular weight is 357 g/mol. The molecule has 0 spiro atoms. The summed E-state index contributed by atoms with van der Waals surface area (Å²) in [6.07, 6.45) is 3.40. The number of hydrogen-bond donors (Lipinski definition) is 0. The number of benzene rings is 1. The summed E-state index contributed by atoms with van der Waals surface area (Å²) in [4.78, 5) is 17.2. The van der Waals surface area contributed by atoms with Gasteiger partial charge in [-0.25, -0.2) is 4.39 Å². The van der Waals surface area contributed by atoms with Crippen LogP contribution in [0.5, 0.6) is 0 Å². The third-order valence-electron chi connectivity index (χ3n) is 4.54. The normalized spacial score (nSPS) is 23.0. The van der Waals surface area contributed by atoms with Crippen molar-refractivity contribution in [2.45, 2.75) is 25.3 Å². The molecule has 0 radical (unpaired) electrons. The first kappa shape index (κ1) is 17.1. The van der Waals surface area contributed by atoms with E-state index in [1.54, 1.807) is 6.07 Å². The van der Waals surface area contributed by atoms with E-state index in [-0.39, 0.29) is 22.5 Å². The highest BCUT2D eigenvalue weighted by Crippen LogP contribution is 2.25. The summed E-state index contributed by atoms with van der Waals surface area (Å²) in [5, 5.41) is 0.201. The Bertz CT molecular complexity index is 545. The molecular weight excluding hydrogens is 335 g/mol. The van der Waals surface area contributed by atoms with Gasteiger partial charge >= 0.3 is 0 Å². The maximum Gasteiger partial charge on any atom is 0.258 e. The fraction of sp³-hybridized carbons (Fsp3) is 0.588. The van der Waals surface area contributed by atoms with Gasteiger partial charge in [0.15, 0.2) is 0 Å². The molecule has 1 unspecified atom stereocenters. The van der Waals surface area contributed by atoms with Gasteiger partial charge in [-0.15, -0.1) is 0 Å². The molecule has 2 fully saturated rings. The van der Waals surface area contributed by atoms with Crippen LogP contribution in [-0.4, -0.2) is 59.4 Å². The van der Waals surface area contributed by atoms with Crippen molar-refractivity contribution < 1.29 is 9.18 Å². The Labute approximate surface area is 146 Å². The summed E-state index contributed by atoms with van der Waals surface area (Å²) in [5.74, 6) is 1.17. The van der Waals surface area contributed by atoms with Crippen molar-refractivity contribution in [1.29, 1.82) is 0 Å². The fourth-order valence-corrected chi connectivity index (χ4v) is 4.66. The Kier molecular flexibility index (Phi) is 5.83. The van der Waals surface area contributed by atoms with E-state index in [0.717, 1.165) is 37.6 Å². The maximum atomic E-state index is 14.1. The molecular formula is C17H22ClFN2OS. The van der Waals surface area contributed by atoms with Gasteiger partial charge in [0, 0.05) is 18.8 Å². The van der Waals surface area contributed by atoms with Crippen molar-refractivity contribution in [1.82, 2.24) is 9.80 Å². The standard InChI is InChI=1S/C17H22ClFN2OS/c18-14-5-3-6-15(19)16(14)17(22)21-9-4-10-23-12-13(21)11-20-7-1-2-8-20/h3,5-6,13H,1-2,4,7-12H2. The van der Waals surface area contributed by atoms with Crippen LogP contribution >= 0.6 is 23.4 Å². The van der Waals surface area contributed by atoms with Gasteiger partial charge in [-0.1, -0.05) is 17.7 Å². The maximum absolute atomic E-state index is 14.1. The zero-order chi connectivity index (χ0) is 16.2. The summed E-state index contributed by atoms with van der Waals surface area (Å²) in [5.41, 5.74) is 0.0208. The number of likely N-dealkylation sites (tertiary alicyclic amines) is 1. The van der Waals surface area contributed by atoms with Gasteiger partial charge in [-0.05, 0) is 50.2 Å². The van der Waals surface area contributed by atoms with E-state index in [1.807, 2.05) is 16.7 Å². The number of carbonyl (C=O) groups is 1. The lowest BCUT2D eigenvalue weighted by atomic mass is 10.1. The Morgan fingerprint density at radius 2 is 2.04 bits per heavy atom. The quantitative estimate of drug-likeness (QED) is 0.827. The van der Waals surface area contributed by atoms with Crippen LogP contribution in [0.1, 0.15) is 29.6 Å². The molecule has 0 bridgehead atoms. The molecule has 1 aromatic carbocycles. The molecule has 126 valence electrons. The second kappa shape index (κ2) is 7.86. The predicted molar refractivity (Wildman–Crippen MR) is 93.9 cm³/mol. The van der Waals surface area contributed by atoms with Crippen LogP contribution in [0, 0.1) is 5.82 Å².